The van der Waals surface area contributed by atoms with Crippen LogP contribution in [0.3, 0.4) is 0 Å². The molecular weight excluding hydrogens is 212 g/mol. The van der Waals surface area contributed by atoms with Crippen molar-refractivity contribution in [3.8, 4) is 5.75 Å². The van der Waals surface area contributed by atoms with E-state index in [1.165, 1.54) is 5.56 Å². The van der Waals surface area contributed by atoms with Crippen molar-refractivity contribution in [3.05, 3.63) is 29.8 Å². The fourth-order valence-corrected chi connectivity index (χ4v) is 1.85. The Hall–Kier alpha value is -1.06. The lowest BCUT2D eigenvalue weighted by atomic mass is 10.1. The van der Waals surface area contributed by atoms with Gasteiger partial charge >= 0.3 is 0 Å². The predicted octanol–water partition coefficient (Wildman–Crippen LogP) is 1.78. The van der Waals surface area contributed by atoms with Crippen LogP contribution in [0.5, 0.6) is 5.75 Å². The minimum Gasteiger partial charge on any atom is -0.496 e. The van der Waals surface area contributed by atoms with Gasteiger partial charge in [-0.05, 0) is 39.1 Å². The first kappa shape index (κ1) is 14.0. The van der Waals surface area contributed by atoms with Crippen LogP contribution in [0, 0.1) is 0 Å². The number of nitrogens with zero attached hydrogens (tertiary/aromatic N) is 1. The molecule has 17 heavy (non-hydrogen) atoms. The summed E-state index contributed by atoms with van der Waals surface area (Å²) in [6.07, 6.45) is 1.02. The second-order valence-electron chi connectivity index (χ2n) is 4.45. The lowest BCUT2D eigenvalue weighted by molar-refractivity contribution is 0.256. The summed E-state index contributed by atoms with van der Waals surface area (Å²) in [6, 6.07) is 8.76. The van der Waals surface area contributed by atoms with Crippen LogP contribution in [-0.4, -0.2) is 45.2 Å². The monoisotopic (exact) mass is 236 g/mol. The molecule has 0 bridgehead atoms. The molecule has 1 aromatic rings. The number of nitrogens with one attached hydrogen (secondary N) is 1. The summed E-state index contributed by atoms with van der Waals surface area (Å²) in [7, 11) is 5.88. The quantitative estimate of drug-likeness (QED) is 0.781. The summed E-state index contributed by atoms with van der Waals surface area (Å²) in [4.78, 5) is 2.36. The maximum absolute atomic E-state index is 5.38. The van der Waals surface area contributed by atoms with Crippen LogP contribution in [0.2, 0.25) is 0 Å². The highest BCUT2D eigenvalue weighted by Crippen LogP contribution is 2.19. The summed E-state index contributed by atoms with van der Waals surface area (Å²) < 4.78 is 5.38. The number of hydrogen-bond donors (Lipinski definition) is 1. The van der Waals surface area contributed by atoms with Crippen molar-refractivity contribution < 1.29 is 4.74 Å². The minimum absolute atomic E-state index is 0.514. The van der Waals surface area contributed by atoms with E-state index in [1.54, 1.807) is 7.11 Å². The van der Waals surface area contributed by atoms with E-state index < -0.39 is 0 Å². The largest absolute Gasteiger partial charge is 0.496 e. The van der Waals surface area contributed by atoms with Gasteiger partial charge in [0.05, 0.1) is 7.11 Å². The summed E-state index contributed by atoms with van der Waals surface area (Å²) >= 11 is 0. The first-order chi connectivity index (χ1) is 8.19. The normalized spacial score (nSPS) is 12.8. The average molecular weight is 236 g/mol. The Bertz CT molecular complexity index is 328. The maximum Gasteiger partial charge on any atom is 0.122 e. The number of likely N-dealkylation sites (N-methyl/N-ethyl adjacent to an activating group) is 2. The summed E-state index contributed by atoms with van der Waals surface area (Å²) in [5.74, 6) is 0.987. The number of ether oxygens (including phenoxy) is 1. The summed E-state index contributed by atoms with van der Waals surface area (Å²) in [5, 5.41) is 3.17. The fourth-order valence-electron chi connectivity index (χ4n) is 1.85. The van der Waals surface area contributed by atoms with Crippen molar-refractivity contribution in [2.75, 3.05) is 34.3 Å². The molecule has 3 heteroatoms. The van der Waals surface area contributed by atoms with Gasteiger partial charge in [-0.1, -0.05) is 18.2 Å². The van der Waals surface area contributed by atoms with Gasteiger partial charge in [0.25, 0.3) is 0 Å². The molecule has 0 heterocycles. The Morgan fingerprint density at radius 3 is 2.71 bits per heavy atom. The zero-order chi connectivity index (χ0) is 12.7. The summed E-state index contributed by atoms with van der Waals surface area (Å²) in [6.45, 7) is 4.34. The van der Waals surface area contributed by atoms with E-state index in [-0.39, 0.29) is 0 Å². The third kappa shape index (κ3) is 4.36. The molecule has 0 saturated heterocycles. The smallest absolute Gasteiger partial charge is 0.122 e. The van der Waals surface area contributed by atoms with Gasteiger partial charge in [0.15, 0.2) is 0 Å². The topological polar surface area (TPSA) is 24.5 Å². The van der Waals surface area contributed by atoms with Crippen LogP contribution < -0.4 is 10.1 Å². The second kappa shape index (κ2) is 7.30. The second-order valence-corrected chi connectivity index (χ2v) is 4.45. The molecule has 1 unspecified atom stereocenters. The number of benzene rings is 1. The molecule has 1 aromatic carbocycles. The van der Waals surface area contributed by atoms with Crippen molar-refractivity contribution in [2.24, 2.45) is 0 Å². The van der Waals surface area contributed by atoms with Crippen LogP contribution in [0.15, 0.2) is 24.3 Å². The van der Waals surface area contributed by atoms with Gasteiger partial charge in [-0.3, -0.25) is 0 Å². The molecule has 0 saturated carbocycles. The lowest BCUT2D eigenvalue weighted by Crippen LogP contribution is -2.35. The van der Waals surface area contributed by atoms with Gasteiger partial charge in [-0.15, -0.1) is 0 Å². The molecule has 0 fully saturated rings. The van der Waals surface area contributed by atoms with Crippen LogP contribution in [0.4, 0.5) is 0 Å². The summed E-state index contributed by atoms with van der Waals surface area (Å²) in [5.41, 5.74) is 1.28. The SMILES string of the molecule is CNCCN(C)C(C)Cc1ccccc1OC. The Balaban J connectivity index is 2.57. The first-order valence-corrected chi connectivity index (χ1v) is 6.15. The molecule has 1 rings (SSSR count). The van der Waals surface area contributed by atoms with Crippen molar-refractivity contribution in [3.63, 3.8) is 0 Å². The van der Waals surface area contributed by atoms with Crippen LogP contribution >= 0.6 is 0 Å². The average Bonchev–Trinajstić information content (AvgIpc) is 2.36. The Morgan fingerprint density at radius 2 is 2.06 bits per heavy atom. The Labute approximate surface area is 105 Å². The van der Waals surface area contributed by atoms with Gasteiger partial charge in [-0.2, -0.15) is 0 Å². The fraction of sp³-hybridized carbons (Fsp3) is 0.571. The third-order valence-corrected chi connectivity index (χ3v) is 3.17. The Kier molecular flexibility index (Phi) is 6.01. The van der Waals surface area contributed by atoms with Crippen molar-refractivity contribution >= 4 is 0 Å². The molecule has 0 aliphatic rings. The van der Waals surface area contributed by atoms with Gasteiger partial charge in [-0.25, -0.2) is 0 Å². The maximum atomic E-state index is 5.38. The molecule has 0 aliphatic carbocycles. The molecule has 0 aromatic heterocycles. The van der Waals surface area contributed by atoms with Gasteiger partial charge in [0, 0.05) is 19.1 Å². The highest BCUT2D eigenvalue weighted by Gasteiger charge is 2.11. The predicted molar refractivity (Wildman–Crippen MR) is 72.7 cm³/mol. The molecule has 3 nitrogen and oxygen atoms in total. The van der Waals surface area contributed by atoms with Crippen LogP contribution in [0.1, 0.15) is 12.5 Å². The van der Waals surface area contributed by atoms with Gasteiger partial charge in [0.2, 0.25) is 0 Å². The van der Waals surface area contributed by atoms with E-state index in [0.717, 1.165) is 25.3 Å². The van der Waals surface area contributed by atoms with Crippen LogP contribution in [0.25, 0.3) is 0 Å². The van der Waals surface area contributed by atoms with E-state index in [9.17, 15) is 0 Å². The zero-order valence-electron chi connectivity index (χ0n) is 11.4. The van der Waals surface area contributed by atoms with E-state index in [1.807, 2.05) is 19.2 Å². The number of methoxy groups -OCH3 is 1. The van der Waals surface area contributed by atoms with E-state index >= 15 is 0 Å². The molecule has 1 N–H and O–H groups in total. The van der Waals surface area contributed by atoms with E-state index in [0.29, 0.717) is 6.04 Å². The van der Waals surface area contributed by atoms with Gasteiger partial charge < -0.3 is 15.0 Å². The molecular formula is C14H24N2O. The standard InChI is InChI=1S/C14H24N2O/c1-12(16(3)10-9-15-2)11-13-7-5-6-8-14(13)17-4/h5-8,12,15H,9-11H2,1-4H3. The number of rotatable bonds is 7. The van der Waals surface area contributed by atoms with E-state index in [2.05, 4.69) is 36.3 Å². The molecule has 0 aliphatic heterocycles. The number of para-hydroxylation sites is 1. The van der Waals surface area contributed by atoms with Crippen molar-refractivity contribution in [1.29, 1.82) is 0 Å². The first-order valence-electron chi connectivity index (χ1n) is 6.15. The molecule has 0 radical (unpaired) electrons. The molecule has 0 spiro atoms. The lowest BCUT2D eigenvalue weighted by Gasteiger charge is -2.25. The molecule has 96 valence electrons. The highest BCUT2D eigenvalue weighted by molar-refractivity contribution is 5.33. The van der Waals surface area contributed by atoms with E-state index in [4.69, 9.17) is 4.74 Å². The van der Waals surface area contributed by atoms with Crippen molar-refractivity contribution in [1.82, 2.24) is 10.2 Å². The zero-order valence-corrected chi connectivity index (χ0v) is 11.4. The molecule has 0 amide bonds. The van der Waals surface area contributed by atoms with Crippen LogP contribution in [-0.2, 0) is 6.42 Å². The number of hydrogen-bond acceptors (Lipinski definition) is 3. The van der Waals surface area contributed by atoms with Gasteiger partial charge in [0.1, 0.15) is 5.75 Å². The highest BCUT2D eigenvalue weighted by atomic mass is 16.5. The Morgan fingerprint density at radius 1 is 1.35 bits per heavy atom. The molecule has 1 atom stereocenters. The van der Waals surface area contributed by atoms with Crippen molar-refractivity contribution in [2.45, 2.75) is 19.4 Å². The minimum atomic E-state index is 0.514. The third-order valence-electron chi connectivity index (χ3n) is 3.17.